The molecule has 3 aromatic rings. The number of carbonyl (C=O) groups excluding carboxylic acids is 1. The zero-order chi connectivity index (χ0) is 19.5. The van der Waals surface area contributed by atoms with Crippen LogP contribution in [0.2, 0.25) is 0 Å². The van der Waals surface area contributed by atoms with Crippen molar-refractivity contribution in [3.05, 3.63) is 58.3 Å². The summed E-state index contributed by atoms with van der Waals surface area (Å²) in [6, 6.07) is 9.95. The number of rotatable bonds is 5. The van der Waals surface area contributed by atoms with Crippen LogP contribution in [0, 0.1) is 6.92 Å². The summed E-state index contributed by atoms with van der Waals surface area (Å²) in [6.45, 7) is 6.04. The maximum Gasteiger partial charge on any atom is 0.272 e. The van der Waals surface area contributed by atoms with Gasteiger partial charge in [0.25, 0.3) is 5.91 Å². The minimum absolute atomic E-state index is 0.0424. The van der Waals surface area contributed by atoms with Crippen LogP contribution in [-0.2, 0) is 6.54 Å². The smallest absolute Gasteiger partial charge is 0.272 e. The van der Waals surface area contributed by atoms with Gasteiger partial charge in [-0.15, -0.1) is 11.3 Å². The number of benzene rings is 1. The van der Waals surface area contributed by atoms with Crippen LogP contribution in [0.3, 0.4) is 0 Å². The topological polar surface area (TPSA) is 54.3 Å². The molecule has 1 amide bonds. The molecule has 146 valence electrons. The number of hydrogen-bond acceptors (Lipinski definition) is 6. The van der Waals surface area contributed by atoms with Gasteiger partial charge in [-0.05, 0) is 25.3 Å². The van der Waals surface area contributed by atoms with Gasteiger partial charge in [-0.2, -0.15) is 0 Å². The minimum Gasteiger partial charge on any atom is -0.335 e. The second-order valence-electron chi connectivity index (χ2n) is 6.73. The third kappa shape index (κ3) is 3.99. The van der Waals surface area contributed by atoms with Crippen LogP contribution in [0.25, 0.3) is 5.69 Å². The Hall–Kier alpha value is -2.16. The molecule has 1 saturated heterocycles. The monoisotopic (exact) mass is 413 g/mol. The predicted octanol–water partition coefficient (Wildman–Crippen LogP) is 3.32. The molecule has 3 heterocycles. The molecule has 4 rings (SSSR count). The van der Waals surface area contributed by atoms with Crippen LogP contribution in [0.5, 0.6) is 0 Å². The molecule has 0 radical (unpaired) electrons. The third-order valence-corrected chi connectivity index (χ3v) is 6.33. The number of aromatic nitrogens is 3. The summed E-state index contributed by atoms with van der Waals surface area (Å²) in [6.07, 6.45) is 3.68. The van der Waals surface area contributed by atoms with Gasteiger partial charge in [-0.3, -0.25) is 14.3 Å². The molecule has 0 unspecified atom stereocenters. The molecule has 0 N–H and O–H groups in total. The highest BCUT2D eigenvalue weighted by molar-refractivity contribution is 7.98. The number of aryl methyl sites for hydroxylation is 1. The Kier molecular flexibility index (Phi) is 5.79. The first-order valence-electron chi connectivity index (χ1n) is 9.25. The van der Waals surface area contributed by atoms with Crippen LogP contribution < -0.4 is 0 Å². The van der Waals surface area contributed by atoms with Gasteiger partial charge in [-0.1, -0.05) is 30.0 Å². The van der Waals surface area contributed by atoms with E-state index in [0.717, 1.165) is 54.3 Å². The molecule has 0 saturated carbocycles. The van der Waals surface area contributed by atoms with Gasteiger partial charge in [0.2, 0.25) is 0 Å². The van der Waals surface area contributed by atoms with E-state index in [1.807, 2.05) is 53.0 Å². The fourth-order valence-corrected chi connectivity index (χ4v) is 4.59. The first-order valence-corrected chi connectivity index (χ1v) is 11.4. The summed E-state index contributed by atoms with van der Waals surface area (Å²) in [5.41, 5.74) is 2.71. The first-order chi connectivity index (χ1) is 13.7. The molecule has 28 heavy (non-hydrogen) atoms. The number of carbonyl (C=O) groups is 1. The highest BCUT2D eigenvalue weighted by atomic mass is 32.2. The summed E-state index contributed by atoms with van der Waals surface area (Å²) in [4.78, 5) is 26.5. The zero-order valence-electron chi connectivity index (χ0n) is 16.0. The SMILES string of the molecule is CSc1ncc(C(=O)N2CCN(Cc3csc(C)n3)CC2)n1-c1ccccc1. The lowest BCUT2D eigenvalue weighted by Gasteiger charge is -2.34. The van der Waals surface area contributed by atoms with Crippen molar-refractivity contribution in [2.24, 2.45) is 0 Å². The molecule has 0 bridgehead atoms. The van der Waals surface area contributed by atoms with Crippen molar-refractivity contribution in [1.29, 1.82) is 0 Å². The molecule has 6 nitrogen and oxygen atoms in total. The fourth-order valence-electron chi connectivity index (χ4n) is 3.44. The van der Waals surface area contributed by atoms with E-state index in [1.165, 1.54) is 0 Å². The Morgan fingerprint density at radius 2 is 1.93 bits per heavy atom. The van der Waals surface area contributed by atoms with Gasteiger partial charge in [0.05, 0.1) is 16.9 Å². The van der Waals surface area contributed by atoms with E-state index in [2.05, 4.69) is 20.2 Å². The second-order valence-corrected chi connectivity index (χ2v) is 8.56. The largest absolute Gasteiger partial charge is 0.335 e. The molecule has 1 aliphatic rings. The average molecular weight is 414 g/mol. The molecule has 1 fully saturated rings. The Morgan fingerprint density at radius 1 is 1.18 bits per heavy atom. The Bertz CT molecular complexity index is 945. The van der Waals surface area contributed by atoms with Gasteiger partial charge >= 0.3 is 0 Å². The molecule has 0 atom stereocenters. The van der Waals surface area contributed by atoms with Crippen LogP contribution in [0.15, 0.2) is 47.1 Å². The van der Waals surface area contributed by atoms with E-state index < -0.39 is 0 Å². The number of hydrogen-bond donors (Lipinski definition) is 0. The van der Waals surface area contributed by atoms with Crippen LogP contribution in [0.1, 0.15) is 21.2 Å². The molecule has 8 heteroatoms. The zero-order valence-corrected chi connectivity index (χ0v) is 17.7. The minimum atomic E-state index is 0.0424. The molecule has 1 aromatic carbocycles. The number of piperazine rings is 1. The predicted molar refractivity (Wildman–Crippen MR) is 113 cm³/mol. The van der Waals surface area contributed by atoms with E-state index in [0.29, 0.717) is 5.69 Å². The molecular weight excluding hydrogens is 390 g/mol. The average Bonchev–Trinajstić information content (AvgIpc) is 3.34. The lowest BCUT2D eigenvalue weighted by Crippen LogP contribution is -2.48. The van der Waals surface area contributed by atoms with Crippen molar-refractivity contribution in [2.45, 2.75) is 18.6 Å². The van der Waals surface area contributed by atoms with Gasteiger partial charge in [0.15, 0.2) is 5.16 Å². The maximum absolute atomic E-state index is 13.2. The van der Waals surface area contributed by atoms with Crippen LogP contribution >= 0.6 is 23.1 Å². The number of thiazole rings is 1. The van der Waals surface area contributed by atoms with Crippen molar-refractivity contribution in [3.8, 4) is 5.69 Å². The number of amides is 1. The summed E-state index contributed by atoms with van der Waals surface area (Å²) < 4.78 is 1.96. The lowest BCUT2D eigenvalue weighted by molar-refractivity contribution is 0.0619. The van der Waals surface area contributed by atoms with Crippen LogP contribution in [0.4, 0.5) is 0 Å². The highest BCUT2D eigenvalue weighted by Gasteiger charge is 2.26. The molecule has 2 aromatic heterocycles. The van der Waals surface area contributed by atoms with Crippen molar-refractivity contribution in [3.63, 3.8) is 0 Å². The van der Waals surface area contributed by atoms with Crippen LogP contribution in [-0.4, -0.2) is 62.7 Å². The van der Waals surface area contributed by atoms with Gasteiger partial charge < -0.3 is 4.90 Å². The highest BCUT2D eigenvalue weighted by Crippen LogP contribution is 2.23. The second kappa shape index (κ2) is 8.46. The van der Waals surface area contributed by atoms with Gasteiger partial charge in [-0.25, -0.2) is 9.97 Å². The Morgan fingerprint density at radius 3 is 2.57 bits per heavy atom. The van der Waals surface area contributed by atoms with Gasteiger partial charge in [0.1, 0.15) is 5.69 Å². The van der Waals surface area contributed by atoms with Crippen molar-refractivity contribution in [1.82, 2.24) is 24.3 Å². The number of para-hydroxylation sites is 1. The van der Waals surface area contributed by atoms with E-state index >= 15 is 0 Å². The summed E-state index contributed by atoms with van der Waals surface area (Å²) in [5, 5.41) is 4.05. The Balaban J connectivity index is 1.47. The summed E-state index contributed by atoms with van der Waals surface area (Å²) in [7, 11) is 0. The normalized spacial score (nSPS) is 15.1. The van der Waals surface area contributed by atoms with Crippen molar-refractivity contribution >= 4 is 29.0 Å². The van der Waals surface area contributed by atoms with E-state index in [9.17, 15) is 4.79 Å². The lowest BCUT2D eigenvalue weighted by atomic mass is 10.2. The van der Waals surface area contributed by atoms with Gasteiger partial charge in [0, 0.05) is 43.8 Å². The third-order valence-electron chi connectivity index (χ3n) is 4.86. The van der Waals surface area contributed by atoms with E-state index in [-0.39, 0.29) is 5.91 Å². The standard InChI is InChI=1S/C20H23N5OS2/c1-15-22-16(14-28-15)13-23-8-10-24(11-9-23)19(26)18-12-21-20(27-2)25(18)17-6-4-3-5-7-17/h3-7,12,14H,8-11,13H2,1-2H3. The maximum atomic E-state index is 13.2. The quantitative estimate of drug-likeness (QED) is 0.601. The van der Waals surface area contributed by atoms with E-state index in [1.54, 1.807) is 29.3 Å². The van der Waals surface area contributed by atoms with E-state index in [4.69, 9.17) is 0 Å². The number of thioether (sulfide) groups is 1. The summed E-state index contributed by atoms with van der Waals surface area (Å²) in [5.74, 6) is 0.0424. The van der Waals surface area contributed by atoms with Crippen molar-refractivity contribution < 1.29 is 4.79 Å². The first kappa shape index (κ1) is 19.2. The number of nitrogens with zero attached hydrogens (tertiary/aromatic N) is 5. The Labute approximate surface area is 173 Å². The summed E-state index contributed by atoms with van der Waals surface area (Å²) >= 11 is 3.23. The number of imidazole rings is 1. The molecule has 0 aliphatic carbocycles. The van der Waals surface area contributed by atoms with Crippen molar-refractivity contribution in [2.75, 3.05) is 32.4 Å². The fraction of sp³-hybridized carbons (Fsp3) is 0.350. The molecule has 1 aliphatic heterocycles. The molecular formula is C20H23N5OS2. The molecule has 0 spiro atoms.